The van der Waals surface area contributed by atoms with Gasteiger partial charge >= 0.3 is 0 Å². The molecule has 0 aliphatic carbocycles. The second kappa shape index (κ2) is 7.95. The van der Waals surface area contributed by atoms with Gasteiger partial charge in [0.2, 0.25) is 0 Å². The summed E-state index contributed by atoms with van der Waals surface area (Å²) in [5.74, 6) is 2.57. The van der Waals surface area contributed by atoms with Gasteiger partial charge in [0.25, 0.3) is 0 Å². The second-order valence-electron chi connectivity index (χ2n) is 6.27. The van der Waals surface area contributed by atoms with Gasteiger partial charge in [-0.25, -0.2) is 13.4 Å². The van der Waals surface area contributed by atoms with Crippen LogP contribution in [0.2, 0.25) is 0 Å². The molecule has 138 valence electrons. The zero-order chi connectivity index (χ0) is 17.7. The van der Waals surface area contributed by atoms with Crippen molar-refractivity contribution in [3.8, 4) is 11.5 Å². The van der Waals surface area contributed by atoms with E-state index in [0.29, 0.717) is 38.7 Å². The number of hydrogen-bond donors (Lipinski definition) is 2. The number of ether oxygens (including phenoxy) is 2. The summed E-state index contributed by atoms with van der Waals surface area (Å²) in [5.41, 5.74) is 1.01. The number of sulfone groups is 1. The highest BCUT2D eigenvalue weighted by atomic mass is 32.2. The molecule has 0 bridgehead atoms. The van der Waals surface area contributed by atoms with Gasteiger partial charge in [-0.3, -0.25) is 0 Å². The van der Waals surface area contributed by atoms with Crippen molar-refractivity contribution in [1.82, 2.24) is 10.6 Å². The Kier molecular flexibility index (Phi) is 5.67. The molecular formula is C17H25N3O4S. The predicted octanol–water partition coefficient (Wildman–Crippen LogP) is 1.09. The fourth-order valence-electron chi connectivity index (χ4n) is 2.90. The van der Waals surface area contributed by atoms with Crippen LogP contribution in [-0.4, -0.2) is 51.7 Å². The maximum atomic E-state index is 11.6. The Morgan fingerprint density at radius 3 is 2.80 bits per heavy atom. The van der Waals surface area contributed by atoms with E-state index in [1.54, 1.807) is 0 Å². The van der Waals surface area contributed by atoms with Crippen molar-refractivity contribution in [3.63, 3.8) is 0 Å². The molecule has 7 nitrogen and oxygen atoms in total. The van der Waals surface area contributed by atoms with Gasteiger partial charge in [-0.2, -0.15) is 0 Å². The number of guanidine groups is 1. The maximum absolute atomic E-state index is 11.6. The molecule has 1 fully saturated rings. The number of nitrogens with zero attached hydrogens (tertiary/aromatic N) is 1. The summed E-state index contributed by atoms with van der Waals surface area (Å²) in [6, 6.07) is 5.76. The number of hydrogen-bond acceptors (Lipinski definition) is 5. The van der Waals surface area contributed by atoms with Crippen LogP contribution in [0.3, 0.4) is 0 Å². The van der Waals surface area contributed by atoms with E-state index in [1.807, 2.05) is 25.1 Å². The average Bonchev–Trinajstić information content (AvgIpc) is 2.79. The minimum atomic E-state index is -2.91. The third-order valence-electron chi connectivity index (χ3n) is 4.15. The van der Waals surface area contributed by atoms with Crippen molar-refractivity contribution >= 4 is 15.8 Å². The Morgan fingerprint density at radius 2 is 2.08 bits per heavy atom. The zero-order valence-electron chi connectivity index (χ0n) is 14.5. The second-order valence-corrected chi connectivity index (χ2v) is 8.50. The lowest BCUT2D eigenvalue weighted by atomic mass is 10.2. The smallest absolute Gasteiger partial charge is 0.191 e. The lowest BCUT2D eigenvalue weighted by Gasteiger charge is -2.16. The molecule has 1 atom stereocenters. The highest BCUT2D eigenvalue weighted by Crippen LogP contribution is 2.30. The lowest BCUT2D eigenvalue weighted by molar-refractivity contribution is 0.297. The van der Waals surface area contributed by atoms with Gasteiger partial charge in [-0.1, -0.05) is 6.07 Å². The molecule has 3 rings (SSSR count). The highest BCUT2D eigenvalue weighted by molar-refractivity contribution is 7.91. The minimum Gasteiger partial charge on any atom is -0.490 e. The molecule has 0 spiro atoms. The number of benzene rings is 1. The average molecular weight is 367 g/mol. The number of nitrogens with one attached hydrogen (secondary N) is 2. The van der Waals surface area contributed by atoms with E-state index in [-0.39, 0.29) is 17.5 Å². The molecule has 1 aromatic carbocycles. The molecule has 2 heterocycles. The topological polar surface area (TPSA) is 89.0 Å². The SMILES string of the molecule is CCNC(=NCc1ccc2c(c1)OCCCO2)NC1CCS(=O)(=O)C1. The summed E-state index contributed by atoms with van der Waals surface area (Å²) in [4.78, 5) is 4.57. The van der Waals surface area contributed by atoms with E-state index in [9.17, 15) is 8.42 Å². The molecule has 25 heavy (non-hydrogen) atoms. The number of aliphatic imine (C=N–C) groups is 1. The molecular weight excluding hydrogens is 342 g/mol. The first kappa shape index (κ1) is 17.8. The first-order chi connectivity index (χ1) is 12.1. The normalized spacial score (nSPS) is 22.3. The van der Waals surface area contributed by atoms with E-state index >= 15 is 0 Å². The highest BCUT2D eigenvalue weighted by Gasteiger charge is 2.28. The summed E-state index contributed by atoms with van der Waals surface area (Å²) >= 11 is 0. The van der Waals surface area contributed by atoms with Gasteiger partial charge in [0, 0.05) is 19.0 Å². The van der Waals surface area contributed by atoms with Crippen LogP contribution in [0.15, 0.2) is 23.2 Å². The summed E-state index contributed by atoms with van der Waals surface area (Å²) in [6.07, 6.45) is 1.50. The van der Waals surface area contributed by atoms with Crippen molar-refractivity contribution in [1.29, 1.82) is 0 Å². The van der Waals surface area contributed by atoms with Crippen LogP contribution in [0.5, 0.6) is 11.5 Å². The third-order valence-corrected chi connectivity index (χ3v) is 5.92. The Balaban J connectivity index is 1.66. The van der Waals surface area contributed by atoms with E-state index in [4.69, 9.17) is 9.47 Å². The Bertz CT molecular complexity index is 733. The first-order valence-electron chi connectivity index (χ1n) is 8.69. The van der Waals surface area contributed by atoms with Crippen LogP contribution in [0.25, 0.3) is 0 Å². The molecule has 0 aromatic heterocycles. The minimum absolute atomic E-state index is 0.0772. The molecule has 1 saturated heterocycles. The van der Waals surface area contributed by atoms with Crippen LogP contribution in [0.1, 0.15) is 25.3 Å². The molecule has 0 amide bonds. The fraction of sp³-hybridized carbons (Fsp3) is 0.588. The Hall–Kier alpha value is -1.96. The van der Waals surface area contributed by atoms with Crippen LogP contribution in [-0.2, 0) is 16.4 Å². The summed E-state index contributed by atoms with van der Waals surface area (Å²) in [7, 11) is -2.91. The van der Waals surface area contributed by atoms with E-state index in [0.717, 1.165) is 23.5 Å². The van der Waals surface area contributed by atoms with E-state index in [1.165, 1.54) is 0 Å². The molecule has 2 aliphatic heterocycles. The third kappa shape index (κ3) is 5.01. The maximum Gasteiger partial charge on any atom is 0.191 e. The monoisotopic (exact) mass is 367 g/mol. The zero-order valence-corrected chi connectivity index (χ0v) is 15.3. The number of rotatable bonds is 4. The van der Waals surface area contributed by atoms with Crippen molar-refractivity contribution < 1.29 is 17.9 Å². The van der Waals surface area contributed by atoms with Crippen LogP contribution < -0.4 is 20.1 Å². The van der Waals surface area contributed by atoms with Crippen molar-refractivity contribution in [2.45, 2.75) is 32.4 Å². The van der Waals surface area contributed by atoms with Crippen LogP contribution >= 0.6 is 0 Å². The largest absolute Gasteiger partial charge is 0.490 e. The van der Waals surface area contributed by atoms with Gasteiger partial charge in [0.15, 0.2) is 27.3 Å². The summed E-state index contributed by atoms with van der Waals surface area (Å²) < 4.78 is 34.5. The summed E-state index contributed by atoms with van der Waals surface area (Å²) in [5, 5.41) is 6.39. The fourth-order valence-corrected chi connectivity index (χ4v) is 4.57. The van der Waals surface area contributed by atoms with E-state index < -0.39 is 9.84 Å². The first-order valence-corrected chi connectivity index (χ1v) is 10.5. The van der Waals surface area contributed by atoms with Crippen molar-refractivity contribution in [2.75, 3.05) is 31.3 Å². The molecule has 2 aliphatic rings. The van der Waals surface area contributed by atoms with Gasteiger partial charge in [-0.05, 0) is 31.0 Å². The molecule has 0 radical (unpaired) electrons. The summed E-state index contributed by atoms with van der Waals surface area (Å²) in [6.45, 7) is 4.50. The molecule has 8 heteroatoms. The Morgan fingerprint density at radius 1 is 1.28 bits per heavy atom. The van der Waals surface area contributed by atoms with Crippen LogP contribution in [0.4, 0.5) is 0 Å². The van der Waals surface area contributed by atoms with E-state index in [2.05, 4.69) is 15.6 Å². The van der Waals surface area contributed by atoms with Gasteiger partial charge in [-0.15, -0.1) is 0 Å². The van der Waals surface area contributed by atoms with Gasteiger partial charge < -0.3 is 20.1 Å². The molecule has 2 N–H and O–H groups in total. The molecule has 1 aromatic rings. The van der Waals surface area contributed by atoms with Crippen molar-refractivity contribution in [3.05, 3.63) is 23.8 Å². The van der Waals surface area contributed by atoms with Crippen LogP contribution in [0, 0.1) is 0 Å². The predicted molar refractivity (Wildman–Crippen MR) is 97.1 cm³/mol. The Labute approximate surface area is 148 Å². The molecule has 0 saturated carbocycles. The quantitative estimate of drug-likeness (QED) is 0.612. The lowest BCUT2D eigenvalue weighted by Crippen LogP contribution is -2.44. The number of fused-ring (bicyclic) bond motifs is 1. The standard InChI is InChI=1S/C17H25N3O4S/c1-2-18-17(20-14-6-9-25(21,22)12-14)19-11-13-4-5-15-16(10-13)24-8-3-7-23-15/h4-5,10,14H,2-3,6-9,11-12H2,1H3,(H2,18,19,20). The van der Waals surface area contributed by atoms with Gasteiger partial charge in [0.1, 0.15) is 0 Å². The van der Waals surface area contributed by atoms with Crippen molar-refractivity contribution in [2.24, 2.45) is 4.99 Å². The molecule has 1 unspecified atom stereocenters. The van der Waals surface area contributed by atoms with Gasteiger partial charge in [0.05, 0.1) is 31.3 Å².